The summed E-state index contributed by atoms with van der Waals surface area (Å²) in [4.78, 5) is 4.21. The van der Waals surface area contributed by atoms with Crippen LogP contribution in [0.2, 0.25) is 5.02 Å². The van der Waals surface area contributed by atoms with E-state index in [-0.39, 0.29) is 24.0 Å². The summed E-state index contributed by atoms with van der Waals surface area (Å²) in [7, 11) is 1.78. The second-order valence-electron chi connectivity index (χ2n) is 4.36. The zero-order chi connectivity index (χ0) is 14.2. The summed E-state index contributed by atoms with van der Waals surface area (Å²) in [5, 5.41) is 11.6. The van der Waals surface area contributed by atoms with Gasteiger partial charge in [0, 0.05) is 25.2 Å². The predicted octanol–water partition coefficient (Wildman–Crippen LogP) is 3.93. The first-order valence-electron chi connectivity index (χ1n) is 6.48. The molecule has 6 heteroatoms. The molecule has 0 bridgehead atoms. The van der Waals surface area contributed by atoms with Crippen molar-refractivity contribution in [3.05, 3.63) is 57.2 Å². The minimum Gasteiger partial charge on any atom is -0.356 e. The van der Waals surface area contributed by atoms with Crippen LogP contribution in [-0.4, -0.2) is 19.6 Å². The summed E-state index contributed by atoms with van der Waals surface area (Å²) in [5.74, 6) is 0.824. The van der Waals surface area contributed by atoms with Gasteiger partial charge in [-0.3, -0.25) is 4.99 Å². The van der Waals surface area contributed by atoms with Crippen molar-refractivity contribution in [2.45, 2.75) is 13.0 Å². The lowest BCUT2D eigenvalue weighted by molar-refractivity contribution is 0.796. The lowest BCUT2D eigenvalue weighted by Gasteiger charge is -2.11. The van der Waals surface area contributed by atoms with Gasteiger partial charge in [0.25, 0.3) is 0 Å². The Morgan fingerprint density at radius 2 is 1.90 bits per heavy atom. The highest BCUT2D eigenvalue weighted by atomic mass is 127. The second-order valence-corrected chi connectivity index (χ2v) is 5.58. The third-order valence-electron chi connectivity index (χ3n) is 2.88. The number of nitrogens with one attached hydrogen (secondary N) is 2. The van der Waals surface area contributed by atoms with Crippen LogP contribution in [-0.2, 0) is 13.0 Å². The average Bonchev–Trinajstić information content (AvgIpc) is 2.98. The predicted molar refractivity (Wildman–Crippen MR) is 103 cm³/mol. The Kier molecular flexibility index (Phi) is 8.72. The first-order valence-corrected chi connectivity index (χ1v) is 7.80. The van der Waals surface area contributed by atoms with E-state index >= 15 is 0 Å². The molecule has 0 aliphatic heterocycles. The molecule has 3 nitrogen and oxygen atoms in total. The van der Waals surface area contributed by atoms with Gasteiger partial charge in [-0.15, -0.1) is 24.0 Å². The maximum atomic E-state index is 5.86. The Balaban J connectivity index is 0.00000220. The summed E-state index contributed by atoms with van der Waals surface area (Å²) < 4.78 is 0. The van der Waals surface area contributed by atoms with Crippen molar-refractivity contribution in [2.75, 3.05) is 13.6 Å². The van der Waals surface area contributed by atoms with Crippen LogP contribution in [0.4, 0.5) is 0 Å². The molecular weight excluding hydrogens is 417 g/mol. The number of hydrogen-bond acceptors (Lipinski definition) is 2. The second kappa shape index (κ2) is 10.0. The summed E-state index contributed by atoms with van der Waals surface area (Å²) in [6.45, 7) is 1.63. The maximum Gasteiger partial charge on any atom is 0.191 e. The highest BCUT2D eigenvalue weighted by Crippen LogP contribution is 2.09. The summed E-state index contributed by atoms with van der Waals surface area (Å²) in [5.41, 5.74) is 2.53. The van der Waals surface area contributed by atoms with Crippen molar-refractivity contribution in [1.29, 1.82) is 0 Å². The standard InChI is InChI=1S/C15H18ClN3S.HI/c1-17-15(19-10-13-7-9-20-11-13)18-8-6-12-2-4-14(16)5-3-12;/h2-5,7,9,11H,6,8,10H2,1H3,(H2,17,18,19);1H. The van der Waals surface area contributed by atoms with Crippen LogP contribution in [0.15, 0.2) is 46.1 Å². The van der Waals surface area contributed by atoms with Gasteiger partial charge in [-0.1, -0.05) is 23.7 Å². The van der Waals surface area contributed by atoms with Crippen LogP contribution >= 0.6 is 46.9 Å². The van der Waals surface area contributed by atoms with Gasteiger partial charge in [0.1, 0.15) is 0 Å². The zero-order valence-corrected chi connectivity index (χ0v) is 15.7. The fourth-order valence-electron chi connectivity index (χ4n) is 1.78. The van der Waals surface area contributed by atoms with Gasteiger partial charge in [0.05, 0.1) is 0 Å². The molecule has 21 heavy (non-hydrogen) atoms. The van der Waals surface area contributed by atoms with E-state index in [4.69, 9.17) is 11.6 Å². The van der Waals surface area contributed by atoms with E-state index in [9.17, 15) is 0 Å². The van der Waals surface area contributed by atoms with Gasteiger partial charge >= 0.3 is 0 Å². The molecule has 0 spiro atoms. The fourth-order valence-corrected chi connectivity index (χ4v) is 2.57. The van der Waals surface area contributed by atoms with Crippen molar-refractivity contribution in [3.8, 4) is 0 Å². The van der Waals surface area contributed by atoms with E-state index in [0.717, 1.165) is 30.5 Å². The van der Waals surface area contributed by atoms with Crippen LogP contribution in [0.1, 0.15) is 11.1 Å². The van der Waals surface area contributed by atoms with Crippen molar-refractivity contribution in [3.63, 3.8) is 0 Å². The molecule has 0 saturated carbocycles. The summed E-state index contributed by atoms with van der Waals surface area (Å²) in [6.07, 6.45) is 0.941. The minimum atomic E-state index is 0. The normalized spacial score (nSPS) is 10.9. The van der Waals surface area contributed by atoms with Crippen LogP contribution in [0.25, 0.3) is 0 Å². The molecule has 0 fully saturated rings. The number of rotatable bonds is 5. The molecule has 2 aromatic rings. The molecule has 0 aliphatic rings. The topological polar surface area (TPSA) is 36.4 Å². The molecule has 2 N–H and O–H groups in total. The highest BCUT2D eigenvalue weighted by molar-refractivity contribution is 14.0. The SMILES string of the molecule is CN=C(NCCc1ccc(Cl)cc1)NCc1ccsc1.I. The number of aliphatic imine (C=N–C) groups is 1. The van der Waals surface area contributed by atoms with Crippen molar-refractivity contribution in [2.24, 2.45) is 4.99 Å². The van der Waals surface area contributed by atoms with E-state index in [0.29, 0.717) is 0 Å². The van der Waals surface area contributed by atoms with Crippen LogP contribution in [0.5, 0.6) is 0 Å². The molecule has 114 valence electrons. The molecule has 1 aromatic carbocycles. The number of nitrogens with zero attached hydrogens (tertiary/aromatic N) is 1. The third-order valence-corrected chi connectivity index (χ3v) is 3.87. The molecule has 1 aromatic heterocycles. The molecule has 0 atom stereocenters. The van der Waals surface area contributed by atoms with Crippen molar-refractivity contribution in [1.82, 2.24) is 10.6 Å². The molecule has 0 aliphatic carbocycles. The van der Waals surface area contributed by atoms with E-state index in [1.165, 1.54) is 11.1 Å². The third kappa shape index (κ3) is 6.67. The van der Waals surface area contributed by atoms with Crippen molar-refractivity contribution < 1.29 is 0 Å². The maximum absolute atomic E-state index is 5.86. The number of benzene rings is 1. The Hall–Kier alpha value is -0.790. The van der Waals surface area contributed by atoms with Gasteiger partial charge < -0.3 is 10.6 Å². The van der Waals surface area contributed by atoms with E-state index in [2.05, 4.69) is 32.5 Å². The quantitative estimate of drug-likeness (QED) is 0.424. The average molecular weight is 436 g/mol. The smallest absolute Gasteiger partial charge is 0.191 e. The van der Waals surface area contributed by atoms with Crippen molar-refractivity contribution >= 4 is 52.9 Å². The zero-order valence-electron chi connectivity index (χ0n) is 11.8. The van der Waals surface area contributed by atoms with E-state index in [1.54, 1.807) is 18.4 Å². The monoisotopic (exact) mass is 435 g/mol. The fraction of sp³-hybridized carbons (Fsp3) is 0.267. The molecule has 0 amide bonds. The molecule has 0 radical (unpaired) electrons. The van der Waals surface area contributed by atoms with Crippen LogP contribution in [0, 0.1) is 0 Å². The summed E-state index contributed by atoms with van der Waals surface area (Å²) >= 11 is 7.57. The van der Waals surface area contributed by atoms with Crippen LogP contribution in [0.3, 0.4) is 0 Å². The molecule has 0 saturated heterocycles. The Labute approximate surface area is 151 Å². The van der Waals surface area contributed by atoms with E-state index < -0.39 is 0 Å². The van der Waals surface area contributed by atoms with Gasteiger partial charge in [0.15, 0.2) is 5.96 Å². The van der Waals surface area contributed by atoms with Gasteiger partial charge in [-0.05, 0) is 46.5 Å². The largest absolute Gasteiger partial charge is 0.356 e. The Morgan fingerprint density at radius 3 is 2.52 bits per heavy atom. The molecule has 2 rings (SSSR count). The molecule has 1 heterocycles. The number of hydrogen-bond donors (Lipinski definition) is 2. The van der Waals surface area contributed by atoms with Gasteiger partial charge in [0.2, 0.25) is 0 Å². The van der Waals surface area contributed by atoms with Gasteiger partial charge in [-0.2, -0.15) is 11.3 Å². The first kappa shape index (κ1) is 18.3. The highest BCUT2D eigenvalue weighted by Gasteiger charge is 1.99. The summed E-state index contributed by atoms with van der Waals surface area (Å²) in [6, 6.07) is 10.0. The van der Waals surface area contributed by atoms with Gasteiger partial charge in [-0.25, -0.2) is 0 Å². The Bertz CT molecular complexity index is 541. The lowest BCUT2D eigenvalue weighted by Crippen LogP contribution is -2.37. The lowest BCUT2D eigenvalue weighted by atomic mass is 10.1. The Morgan fingerprint density at radius 1 is 1.14 bits per heavy atom. The number of thiophene rings is 1. The molecule has 0 unspecified atom stereocenters. The van der Waals surface area contributed by atoms with Crippen LogP contribution < -0.4 is 10.6 Å². The van der Waals surface area contributed by atoms with E-state index in [1.807, 2.05) is 24.3 Å². The first-order chi connectivity index (χ1) is 9.78. The molecular formula is C15H19ClIN3S. The number of guanidine groups is 1. The number of halogens is 2. The minimum absolute atomic E-state index is 0.